The van der Waals surface area contributed by atoms with E-state index in [4.69, 9.17) is 0 Å². The molecule has 1 atom stereocenters. The summed E-state index contributed by atoms with van der Waals surface area (Å²) >= 11 is 0. The highest BCUT2D eigenvalue weighted by atomic mass is 15.2. The van der Waals surface area contributed by atoms with Crippen molar-refractivity contribution < 1.29 is 0 Å². The van der Waals surface area contributed by atoms with Crippen LogP contribution in [0.4, 0.5) is 5.69 Å². The number of nitrogens with zero attached hydrogens (tertiary/aromatic N) is 1. The van der Waals surface area contributed by atoms with E-state index < -0.39 is 0 Å². The van der Waals surface area contributed by atoms with Gasteiger partial charge in [0.2, 0.25) is 0 Å². The third kappa shape index (κ3) is 1.15. The molecular weight excluding hydrogens is 206 g/mol. The highest BCUT2D eigenvalue weighted by Crippen LogP contribution is 2.51. The molecule has 1 heteroatoms. The molecule has 2 aliphatic heterocycles. The van der Waals surface area contributed by atoms with Crippen LogP contribution in [0.3, 0.4) is 0 Å². The summed E-state index contributed by atoms with van der Waals surface area (Å²) in [6.07, 6.45) is 6.76. The average molecular weight is 227 g/mol. The second kappa shape index (κ2) is 3.07. The lowest BCUT2D eigenvalue weighted by atomic mass is 9.66. The zero-order valence-electron chi connectivity index (χ0n) is 11.0. The summed E-state index contributed by atoms with van der Waals surface area (Å²) in [5, 5.41) is 0. The molecule has 0 saturated carbocycles. The van der Waals surface area contributed by atoms with Crippen LogP contribution in [0.15, 0.2) is 6.07 Å². The number of hydrogen-bond donors (Lipinski definition) is 0. The van der Waals surface area contributed by atoms with Gasteiger partial charge in [0.25, 0.3) is 0 Å². The fourth-order valence-corrected chi connectivity index (χ4v) is 4.45. The van der Waals surface area contributed by atoms with E-state index in [0.717, 1.165) is 0 Å². The van der Waals surface area contributed by atoms with Crippen molar-refractivity contribution in [2.45, 2.75) is 51.4 Å². The normalized spacial score (nSPS) is 29.4. The molecule has 90 valence electrons. The fraction of sp³-hybridized carbons (Fsp3) is 0.625. The molecule has 0 N–H and O–H groups in total. The first-order chi connectivity index (χ1) is 8.19. The minimum Gasteiger partial charge on any atom is -0.371 e. The van der Waals surface area contributed by atoms with Crippen LogP contribution < -0.4 is 4.90 Å². The van der Waals surface area contributed by atoms with Crippen molar-refractivity contribution in [3.63, 3.8) is 0 Å². The SMILES string of the molecule is Cc1cc2c3c4c1CCN4CCC3(C)CCC2. The van der Waals surface area contributed by atoms with Crippen molar-refractivity contribution in [3.05, 3.63) is 28.3 Å². The van der Waals surface area contributed by atoms with Gasteiger partial charge in [0.1, 0.15) is 0 Å². The van der Waals surface area contributed by atoms with Gasteiger partial charge in [-0.3, -0.25) is 0 Å². The van der Waals surface area contributed by atoms with Gasteiger partial charge in [-0.15, -0.1) is 0 Å². The summed E-state index contributed by atoms with van der Waals surface area (Å²) in [5.74, 6) is 0. The minimum absolute atomic E-state index is 0.492. The van der Waals surface area contributed by atoms with Gasteiger partial charge >= 0.3 is 0 Å². The van der Waals surface area contributed by atoms with Gasteiger partial charge < -0.3 is 4.90 Å². The first-order valence-electron chi connectivity index (χ1n) is 7.10. The number of anilines is 1. The molecule has 0 fully saturated rings. The molecule has 17 heavy (non-hydrogen) atoms. The zero-order valence-corrected chi connectivity index (χ0v) is 11.0. The summed E-state index contributed by atoms with van der Waals surface area (Å²) in [7, 11) is 0. The monoisotopic (exact) mass is 227 g/mol. The second-order valence-electron chi connectivity index (χ2n) is 6.46. The number of rotatable bonds is 0. The Bertz CT molecular complexity index is 503. The predicted molar refractivity (Wildman–Crippen MR) is 72.0 cm³/mol. The van der Waals surface area contributed by atoms with Crippen LogP contribution in [-0.4, -0.2) is 13.1 Å². The maximum absolute atomic E-state index is 2.66. The fourth-order valence-electron chi connectivity index (χ4n) is 4.45. The number of benzene rings is 1. The Balaban J connectivity index is 2.07. The molecule has 1 unspecified atom stereocenters. The van der Waals surface area contributed by atoms with Crippen molar-refractivity contribution in [1.82, 2.24) is 0 Å². The smallest absolute Gasteiger partial charge is 0.0443 e. The Morgan fingerprint density at radius 2 is 2.06 bits per heavy atom. The third-order valence-electron chi connectivity index (χ3n) is 5.37. The topological polar surface area (TPSA) is 3.24 Å². The summed E-state index contributed by atoms with van der Waals surface area (Å²) in [6, 6.07) is 2.50. The summed E-state index contributed by atoms with van der Waals surface area (Å²) in [5.41, 5.74) is 8.78. The average Bonchev–Trinajstić information content (AvgIpc) is 2.72. The van der Waals surface area contributed by atoms with Crippen LogP contribution in [0.1, 0.15) is 48.4 Å². The van der Waals surface area contributed by atoms with Gasteiger partial charge in [-0.25, -0.2) is 0 Å². The van der Waals surface area contributed by atoms with E-state index in [1.807, 2.05) is 0 Å². The molecule has 0 aromatic heterocycles. The Kier molecular flexibility index (Phi) is 1.80. The van der Waals surface area contributed by atoms with Crippen LogP contribution in [0.2, 0.25) is 0 Å². The zero-order chi connectivity index (χ0) is 11.6. The van der Waals surface area contributed by atoms with Crippen molar-refractivity contribution in [2.24, 2.45) is 0 Å². The quantitative estimate of drug-likeness (QED) is 0.657. The maximum atomic E-state index is 2.66. The molecule has 1 aliphatic carbocycles. The van der Waals surface area contributed by atoms with Crippen LogP contribution in [0.5, 0.6) is 0 Å². The van der Waals surface area contributed by atoms with Gasteiger partial charge in [-0.2, -0.15) is 0 Å². The van der Waals surface area contributed by atoms with Crippen molar-refractivity contribution in [2.75, 3.05) is 18.0 Å². The Morgan fingerprint density at radius 3 is 2.94 bits per heavy atom. The Hall–Kier alpha value is -0.980. The number of hydrogen-bond acceptors (Lipinski definition) is 1. The molecule has 3 aliphatic rings. The molecule has 0 amide bonds. The summed E-state index contributed by atoms with van der Waals surface area (Å²) < 4.78 is 0. The van der Waals surface area contributed by atoms with Crippen LogP contribution >= 0.6 is 0 Å². The van der Waals surface area contributed by atoms with Gasteiger partial charge in [0.15, 0.2) is 0 Å². The lowest BCUT2D eigenvalue weighted by Crippen LogP contribution is -2.40. The Morgan fingerprint density at radius 1 is 1.18 bits per heavy atom. The first kappa shape index (κ1) is 9.99. The maximum Gasteiger partial charge on any atom is 0.0443 e. The molecule has 1 aromatic carbocycles. The van der Waals surface area contributed by atoms with Gasteiger partial charge in [-0.1, -0.05) is 13.0 Å². The van der Waals surface area contributed by atoms with Crippen LogP contribution in [-0.2, 0) is 18.3 Å². The predicted octanol–water partition coefficient (Wildman–Crippen LogP) is 3.36. The lowest BCUT2D eigenvalue weighted by molar-refractivity contribution is 0.356. The van der Waals surface area contributed by atoms with E-state index in [2.05, 4.69) is 24.8 Å². The van der Waals surface area contributed by atoms with E-state index >= 15 is 0 Å². The van der Waals surface area contributed by atoms with Crippen molar-refractivity contribution in [3.8, 4) is 0 Å². The molecule has 4 rings (SSSR count). The first-order valence-corrected chi connectivity index (χ1v) is 7.10. The molecule has 1 nitrogen and oxygen atoms in total. The third-order valence-corrected chi connectivity index (χ3v) is 5.37. The lowest BCUT2D eigenvalue weighted by Gasteiger charge is -2.44. The molecule has 0 bridgehead atoms. The van der Waals surface area contributed by atoms with Crippen molar-refractivity contribution in [1.29, 1.82) is 0 Å². The molecule has 0 saturated heterocycles. The van der Waals surface area contributed by atoms with Crippen LogP contribution in [0.25, 0.3) is 0 Å². The highest BCUT2D eigenvalue weighted by Gasteiger charge is 2.42. The van der Waals surface area contributed by atoms with Gasteiger partial charge in [-0.05, 0) is 66.7 Å². The molecule has 2 heterocycles. The minimum atomic E-state index is 0.492. The van der Waals surface area contributed by atoms with E-state index in [9.17, 15) is 0 Å². The summed E-state index contributed by atoms with van der Waals surface area (Å²) in [6.45, 7) is 7.38. The summed E-state index contributed by atoms with van der Waals surface area (Å²) in [4.78, 5) is 2.66. The standard InChI is InChI=1S/C16H21N/c1-11-10-12-4-3-6-16(2)7-9-17-8-5-13(11)15(17)14(12)16/h10H,3-9H2,1-2H3. The van der Waals surface area contributed by atoms with Crippen molar-refractivity contribution >= 4 is 5.69 Å². The molecular formula is C16H21N. The highest BCUT2D eigenvalue weighted by molar-refractivity contribution is 5.72. The van der Waals surface area contributed by atoms with Gasteiger partial charge in [0, 0.05) is 18.8 Å². The van der Waals surface area contributed by atoms with E-state index in [1.165, 1.54) is 45.2 Å². The van der Waals surface area contributed by atoms with Gasteiger partial charge in [0.05, 0.1) is 0 Å². The van der Waals surface area contributed by atoms with Crippen LogP contribution in [0, 0.1) is 6.92 Å². The van der Waals surface area contributed by atoms with E-state index in [0.29, 0.717) is 5.41 Å². The molecule has 0 radical (unpaired) electrons. The molecule has 0 spiro atoms. The second-order valence-corrected chi connectivity index (χ2v) is 6.46. The van der Waals surface area contributed by atoms with E-state index in [-0.39, 0.29) is 0 Å². The largest absolute Gasteiger partial charge is 0.371 e. The van der Waals surface area contributed by atoms with E-state index in [1.54, 1.807) is 27.9 Å². The number of aryl methyl sites for hydroxylation is 2. The molecule has 1 aromatic rings. The Labute approximate surface area is 104 Å².